The zero-order valence-electron chi connectivity index (χ0n) is 24.5. The van der Waals surface area contributed by atoms with Crippen molar-refractivity contribution < 1.29 is 9.59 Å². The van der Waals surface area contributed by atoms with Crippen LogP contribution in [0.15, 0.2) is 113 Å². The molecular formula is C37H45O2P. The molecule has 4 rings (SSSR count). The van der Waals surface area contributed by atoms with Crippen molar-refractivity contribution in [3.8, 4) is 0 Å². The van der Waals surface area contributed by atoms with Gasteiger partial charge in [-0.1, -0.05) is 0 Å². The number of carbonyl (C=O) groups excluding carboxylic acids is 2. The first-order valence-electron chi connectivity index (χ1n) is 15.1. The Balaban J connectivity index is 1.27. The van der Waals surface area contributed by atoms with Crippen LogP contribution in [0.4, 0.5) is 0 Å². The van der Waals surface area contributed by atoms with Gasteiger partial charge in [-0.25, -0.2) is 0 Å². The quantitative estimate of drug-likeness (QED) is 0.115. The predicted molar refractivity (Wildman–Crippen MR) is 174 cm³/mol. The molecule has 3 heteroatoms. The van der Waals surface area contributed by atoms with Crippen molar-refractivity contribution in [3.63, 3.8) is 0 Å². The van der Waals surface area contributed by atoms with Crippen molar-refractivity contribution in [2.24, 2.45) is 0 Å². The van der Waals surface area contributed by atoms with Crippen molar-refractivity contribution >= 4 is 34.7 Å². The van der Waals surface area contributed by atoms with E-state index in [1.165, 1.54) is 60.6 Å². The Hall–Kier alpha value is -3.09. The molecule has 1 aliphatic rings. The Bertz CT molecular complexity index is 1240. The summed E-state index contributed by atoms with van der Waals surface area (Å²) in [6, 6.07) is 33.6. The van der Waals surface area contributed by atoms with E-state index >= 15 is 0 Å². The van der Waals surface area contributed by atoms with Gasteiger partial charge in [-0.15, -0.1) is 0 Å². The van der Waals surface area contributed by atoms with Crippen molar-refractivity contribution in [3.05, 3.63) is 113 Å². The second kappa shape index (κ2) is 14.5. The van der Waals surface area contributed by atoms with Crippen molar-refractivity contribution in [2.45, 2.75) is 78.6 Å². The van der Waals surface area contributed by atoms with Crippen LogP contribution in [0, 0.1) is 0 Å². The Morgan fingerprint density at radius 2 is 0.825 bits per heavy atom. The van der Waals surface area contributed by atoms with Gasteiger partial charge in [-0.2, -0.15) is 0 Å². The van der Waals surface area contributed by atoms with Gasteiger partial charge in [-0.05, 0) is 20.8 Å². The van der Waals surface area contributed by atoms with E-state index in [4.69, 9.17) is 0 Å². The predicted octanol–water partition coefficient (Wildman–Crippen LogP) is 8.03. The molecule has 0 fully saturated rings. The topological polar surface area (TPSA) is 34.1 Å². The first-order valence-corrected chi connectivity index (χ1v) is 17.3. The Kier molecular flexibility index (Phi) is 10.8. The van der Waals surface area contributed by atoms with Crippen molar-refractivity contribution in [1.29, 1.82) is 0 Å². The van der Waals surface area contributed by atoms with Gasteiger partial charge in [0.2, 0.25) is 0 Å². The van der Waals surface area contributed by atoms with Gasteiger partial charge in [0.05, 0.1) is 0 Å². The van der Waals surface area contributed by atoms with Crippen molar-refractivity contribution in [1.82, 2.24) is 0 Å². The summed E-state index contributed by atoms with van der Waals surface area (Å²) in [5, 5.41) is 4.49. The van der Waals surface area contributed by atoms with E-state index in [0.717, 1.165) is 24.8 Å². The summed E-state index contributed by atoms with van der Waals surface area (Å²) in [5.41, 5.74) is 2.65. The summed E-state index contributed by atoms with van der Waals surface area (Å²) in [6.45, 7) is 5.37. The van der Waals surface area contributed by atoms with E-state index in [1.807, 2.05) is 6.92 Å². The van der Waals surface area contributed by atoms with E-state index in [-0.39, 0.29) is 11.6 Å². The summed E-state index contributed by atoms with van der Waals surface area (Å²) in [5.74, 6) is 0.127. The smallest absolute Gasteiger partial charge is 0.289 e. The third kappa shape index (κ3) is 6.79. The zero-order valence-corrected chi connectivity index (χ0v) is 25.5. The second-order valence-corrected chi connectivity index (χ2v) is 15.4. The normalized spacial score (nSPS) is 14.7. The fraction of sp³-hybridized carbons (Fsp3) is 0.351. The molecule has 0 unspecified atom stereocenters. The van der Waals surface area contributed by atoms with Crippen LogP contribution in [0.3, 0.4) is 0 Å². The maximum absolute atomic E-state index is 12.6. The molecule has 3 aromatic carbocycles. The number of carbonyl (C=O) groups is 2. The first-order chi connectivity index (χ1) is 19.5. The zero-order chi connectivity index (χ0) is 28.4. The summed E-state index contributed by atoms with van der Waals surface area (Å²) in [4.78, 5) is 25.0. The number of unbranched alkanes of at least 4 members (excludes halogenated alkanes) is 7. The fourth-order valence-corrected chi connectivity index (χ4v) is 11.2. The van der Waals surface area contributed by atoms with E-state index < -0.39 is 7.26 Å². The molecule has 0 heterocycles. The third-order valence-electron chi connectivity index (χ3n) is 8.84. The molecule has 0 aromatic heterocycles. The van der Waals surface area contributed by atoms with E-state index in [0.29, 0.717) is 16.7 Å². The third-order valence-corrected chi connectivity index (χ3v) is 13.9. The number of hydrogen-bond donors (Lipinski definition) is 0. The van der Waals surface area contributed by atoms with Gasteiger partial charge in [0, 0.05) is 11.1 Å². The van der Waals surface area contributed by atoms with Gasteiger partial charge in [0.25, 0.3) is 0 Å². The summed E-state index contributed by atoms with van der Waals surface area (Å²) in [6.07, 6.45) is 11.5. The van der Waals surface area contributed by atoms with Gasteiger partial charge >= 0.3 is 195 Å². The Morgan fingerprint density at radius 3 is 1.27 bits per heavy atom. The summed E-state index contributed by atoms with van der Waals surface area (Å²) >= 11 is 0. The van der Waals surface area contributed by atoms with Crippen LogP contribution >= 0.6 is 7.26 Å². The Labute approximate surface area is 242 Å². The molecule has 0 saturated carbocycles. The van der Waals surface area contributed by atoms with Crippen LogP contribution in [-0.4, -0.2) is 17.7 Å². The minimum absolute atomic E-state index is 0.0472. The van der Waals surface area contributed by atoms with Crippen LogP contribution in [0.25, 0.3) is 0 Å². The maximum atomic E-state index is 12.6. The van der Waals surface area contributed by atoms with Gasteiger partial charge < -0.3 is 0 Å². The molecular weight excluding hydrogens is 507 g/mol. The molecule has 2 nitrogen and oxygen atoms in total. The SMILES string of the molecule is CC1=C(C)C(=O)C(CCCCCCCCCC[PH](c2ccccc2)(c2ccccc2)c2ccccc2)=C(C)C1=O. The van der Waals surface area contributed by atoms with Crippen LogP contribution < -0.4 is 15.9 Å². The second-order valence-electron chi connectivity index (χ2n) is 11.3. The molecule has 0 amide bonds. The van der Waals surface area contributed by atoms with Crippen molar-refractivity contribution in [2.75, 3.05) is 6.16 Å². The number of Topliss-reactive ketones (excluding diaryl/α,β-unsaturated/α-hetero) is 2. The van der Waals surface area contributed by atoms with Crippen LogP contribution in [0.5, 0.6) is 0 Å². The Morgan fingerprint density at radius 1 is 0.450 bits per heavy atom. The molecule has 0 bridgehead atoms. The number of allylic oxidation sites excluding steroid dienone is 4. The molecule has 40 heavy (non-hydrogen) atoms. The number of benzene rings is 3. The summed E-state index contributed by atoms with van der Waals surface area (Å²) < 4.78 is 0. The standard InChI is InChI=1S/C37H45O2P/c1-29-30(2)37(39)35(31(3)36(29)38)27-19-8-6-4-5-7-9-20-28-40(32-21-13-10-14-22-32,33-23-15-11-16-24-33)34-25-17-12-18-26-34/h10-18,21-26,40H,4-9,19-20,27-28H2,1-3H3. The molecule has 1 aliphatic carbocycles. The molecule has 0 N–H and O–H groups in total. The first kappa shape index (κ1) is 29.9. The van der Waals surface area contributed by atoms with Gasteiger partial charge in [0.1, 0.15) is 0 Å². The van der Waals surface area contributed by atoms with Gasteiger partial charge in [0.15, 0.2) is 5.78 Å². The molecule has 3 aromatic rings. The molecule has 0 saturated heterocycles. The number of hydrogen-bond acceptors (Lipinski definition) is 2. The van der Waals surface area contributed by atoms with Gasteiger partial charge in [-0.3, -0.25) is 9.59 Å². The van der Waals surface area contributed by atoms with E-state index in [1.54, 1.807) is 13.8 Å². The van der Waals surface area contributed by atoms with Crippen LogP contribution in [-0.2, 0) is 9.59 Å². The van der Waals surface area contributed by atoms with E-state index in [9.17, 15) is 9.59 Å². The number of ketones is 2. The fourth-order valence-electron chi connectivity index (χ4n) is 6.31. The molecule has 0 aliphatic heterocycles. The minimum Gasteiger partial charge on any atom is -0.289 e. The molecule has 0 atom stereocenters. The molecule has 0 spiro atoms. The average Bonchev–Trinajstić information content (AvgIpc) is 3.01. The van der Waals surface area contributed by atoms with E-state index in [2.05, 4.69) is 91.0 Å². The monoisotopic (exact) mass is 552 g/mol. The van der Waals surface area contributed by atoms with Crippen LogP contribution in [0.2, 0.25) is 0 Å². The molecule has 0 radical (unpaired) electrons. The molecule has 210 valence electrons. The summed E-state index contributed by atoms with van der Waals surface area (Å²) in [7, 11) is -2.11. The number of rotatable bonds is 14. The average molecular weight is 553 g/mol. The minimum atomic E-state index is -2.11. The van der Waals surface area contributed by atoms with Crippen LogP contribution in [0.1, 0.15) is 78.6 Å².